The van der Waals surface area contributed by atoms with Gasteiger partial charge in [-0.2, -0.15) is 0 Å². The van der Waals surface area contributed by atoms with Gasteiger partial charge in [0.15, 0.2) is 4.34 Å². The van der Waals surface area contributed by atoms with Gasteiger partial charge in [-0.05, 0) is 18.1 Å². The third kappa shape index (κ3) is 4.27. The maximum Gasteiger partial charge on any atom is 0.313 e. The lowest BCUT2D eigenvalue weighted by Crippen LogP contribution is -2.13. The molecule has 110 valence electrons. The topological polar surface area (TPSA) is 92.2 Å². The molecule has 0 saturated carbocycles. The average molecular weight is 323 g/mol. The van der Waals surface area contributed by atoms with E-state index in [0.717, 1.165) is 35.1 Å². The van der Waals surface area contributed by atoms with E-state index in [-0.39, 0.29) is 11.7 Å². The molecule has 1 aromatic heterocycles. The highest BCUT2D eigenvalue weighted by Crippen LogP contribution is 2.25. The summed E-state index contributed by atoms with van der Waals surface area (Å²) in [7, 11) is 0. The molecule has 0 atom stereocenters. The number of carboxylic acid groups (broad SMARTS) is 1. The van der Waals surface area contributed by atoms with E-state index in [1.165, 1.54) is 0 Å². The Bertz CT molecular complexity index is 658. The molecular weight excluding hydrogens is 310 g/mol. The molecule has 0 spiro atoms. The van der Waals surface area contributed by atoms with Crippen LogP contribution in [0.1, 0.15) is 22.8 Å². The first kappa shape index (κ1) is 15.5. The SMILES string of the molecule is CCc1ccccc1C(=O)Nc1nnc(SCC(=O)O)s1. The Kier molecular flexibility index (Phi) is 5.29. The number of aromatic nitrogens is 2. The van der Waals surface area contributed by atoms with Gasteiger partial charge in [0.1, 0.15) is 0 Å². The van der Waals surface area contributed by atoms with Crippen molar-refractivity contribution in [2.24, 2.45) is 0 Å². The number of hydrogen-bond acceptors (Lipinski definition) is 6. The second-order valence-corrected chi connectivity index (χ2v) is 6.22. The Balaban J connectivity index is 2.04. The van der Waals surface area contributed by atoms with Crippen LogP contribution in [0.3, 0.4) is 0 Å². The summed E-state index contributed by atoms with van der Waals surface area (Å²) in [6.07, 6.45) is 0.763. The molecule has 0 fully saturated rings. The summed E-state index contributed by atoms with van der Waals surface area (Å²) in [6.45, 7) is 1.98. The summed E-state index contributed by atoms with van der Waals surface area (Å²) in [5, 5.41) is 19.3. The van der Waals surface area contributed by atoms with Crippen LogP contribution in [0.15, 0.2) is 28.6 Å². The average Bonchev–Trinajstić information content (AvgIpc) is 2.92. The lowest BCUT2D eigenvalue weighted by Gasteiger charge is -2.06. The number of hydrogen-bond donors (Lipinski definition) is 2. The largest absolute Gasteiger partial charge is 0.481 e. The number of aryl methyl sites for hydroxylation is 1. The minimum Gasteiger partial charge on any atom is -0.481 e. The zero-order valence-electron chi connectivity index (χ0n) is 11.2. The van der Waals surface area contributed by atoms with E-state index < -0.39 is 5.97 Å². The van der Waals surface area contributed by atoms with Crippen molar-refractivity contribution in [1.29, 1.82) is 0 Å². The summed E-state index contributed by atoms with van der Waals surface area (Å²) in [5.41, 5.74) is 1.56. The number of amides is 1. The molecule has 0 saturated heterocycles. The Morgan fingerprint density at radius 3 is 2.81 bits per heavy atom. The Labute approximate surface area is 129 Å². The lowest BCUT2D eigenvalue weighted by molar-refractivity contribution is -0.133. The van der Waals surface area contributed by atoms with Crippen molar-refractivity contribution in [1.82, 2.24) is 10.2 Å². The van der Waals surface area contributed by atoms with Crippen molar-refractivity contribution in [2.45, 2.75) is 17.7 Å². The van der Waals surface area contributed by atoms with E-state index in [9.17, 15) is 9.59 Å². The zero-order valence-corrected chi connectivity index (χ0v) is 12.8. The van der Waals surface area contributed by atoms with E-state index in [1.807, 2.05) is 25.1 Å². The van der Waals surface area contributed by atoms with Crippen molar-refractivity contribution in [2.75, 3.05) is 11.1 Å². The summed E-state index contributed by atoms with van der Waals surface area (Å²) < 4.78 is 0.511. The van der Waals surface area contributed by atoms with Gasteiger partial charge in [0, 0.05) is 5.56 Å². The van der Waals surface area contributed by atoms with E-state index >= 15 is 0 Å². The van der Waals surface area contributed by atoms with Crippen LogP contribution in [0, 0.1) is 0 Å². The monoisotopic (exact) mass is 323 g/mol. The molecule has 0 aliphatic rings. The summed E-state index contributed by atoms with van der Waals surface area (Å²) in [5.74, 6) is -1.24. The van der Waals surface area contributed by atoms with Crippen molar-refractivity contribution in [3.63, 3.8) is 0 Å². The minimum atomic E-state index is -0.919. The van der Waals surface area contributed by atoms with Crippen molar-refractivity contribution in [3.05, 3.63) is 35.4 Å². The predicted molar refractivity (Wildman–Crippen MR) is 82.0 cm³/mol. The van der Waals surface area contributed by atoms with E-state index in [4.69, 9.17) is 5.11 Å². The van der Waals surface area contributed by atoms with Gasteiger partial charge >= 0.3 is 5.97 Å². The van der Waals surface area contributed by atoms with Crippen LogP contribution in [-0.4, -0.2) is 32.9 Å². The Morgan fingerprint density at radius 2 is 2.10 bits per heavy atom. The fraction of sp³-hybridized carbons (Fsp3) is 0.231. The van der Waals surface area contributed by atoms with Crippen LogP contribution in [0.4, 0.5) is 5.13 Å². The molecule has 2 rings (SSSR count). The quantitative estimate of drug-likeness (QED) is 0.627. The molecule has 1 amide bonds. The highest BCUT2D eigenvalue weighted by molar-refractivity contribution is 8.01. The van der Waals surface area contributed by atoms with Crippen molar-refractivity contribution < 1.29 is 14.7 Å². The summed E-state index contributed by atoms with van der Waals surface area (Å²) >= 11 is 2.23. The summed E-state index contributed by atoms with van der Waals surface area (Å²) in [4.78, 5) is 22.7. The first-order valence-electron chi connectivity index (χ1n) is 6.17. The normalized spacial score (nSPS) is 10.3. The molecule has 0 bridgehead atoms. The van der Waals surface area contributed by atoms with Gasteiger partial charge in [-0.15, -0.1) is 10.2 Å². The molecule has 21 heavy (non-hydrogen) atoms. The first-order valence-corrected chi connectivity index (χ1v) is 7.97. The molecule has 0 unspecified atom stereocenters. The van der Waals surface area contributed by atoms with Crippen molar-refractivity contribution in [3.8, 4) is 0 Å². The first-order chi connectivity index (χ1) is 10.1. The predicted octanol–water partition coefficient (Wildman–Crippen LogP) is 2.53. The maximum atomic E-state index is 12.2. The Morgan fingerprint density at radius 1 is 1.33 bits per heavy atom. The second kappa shape index (κ2) is 7.19. The number of carbonyl (C=O) groups excluding carboxylic acids is 1. The molecule has 8 heteroatoms. The minimum absolute atomic E-state index is 0.0821. The molecule has 2 aromatic rings. The number of benzene rings is 1. The fourth-order valence-corrected chi connectivity index (χ4v) is 3.12. The van der Waals surface area contributed by atoms with Gasteiger partial charge < -0.3 is 5.11 Å². The number of nitrogens with zero attached hydrogens (tertiary/aromatic N) is 2. The van der Waals surface area contributed by atoms with Gasteiger partial charge in [-0.25, -0.2) is 0 Å². The standard InChI is InChI=1S/C13H13N3O3S2/c1-2-8-5-3-4-6-9(8)11(19)14-12-15-16-13(21-12)20-7-10(17)18/h3-6H,2,7H2,1H3,(H,17,18)(H,14,15,19). The van der Waals surface area contributed by atoms with Crippen LogP contribution in [-0.2, 0) is 11.2 Å². The van der Waals surface area contributed by atoms with Gasteiger partial charge in [0.25, 0.3) is 5.91 Å². The Hall–Kier alpha value is -1.93. The molecule has 6 nitrogen and oxygen atoms in total. The van der Waals surface area contributed by atoms with E-state index in [2.05, 4.69) is 15.5 Å². The van der Waals surface area contributed by atoms with Gasteiger partial charge in [-0.3, -0.25) is 14.9 Å². The number of thioether (sulfide) groups is 1. The fourth-order valence-electron chi connectivity index (χ4n) is 1.66. The van der Waals surface area contributed by atoms with Gasteiger partial charge in [0.05, 0.1) is 5.75 Å². The lowest BCUT2D eigenvalue weighted by atomic mass is 10.1. The number of anilines is 1. The van der Waals surface area contributed by atoms with Crippen LogP contribution < -0.4 is 5.32 Å². The smallest absolute Gasteiger partial charge is 0.313 e. The molecule has 2 N–H and O–H groups in total. The van der Waals surface area contributed by atoms with E-state index in [0.29, 0.717) is 15.0 Å². The van der Waals surface area contributed by atoms with Crippen molar-refractivity contribution >= 4 is 40.1 Å². The zero-order chi connectivity index (χ0) is 15.2. The second-order valence-electron chi connectivity index (χ2n) is 4.02. The highest BCUT2D eigenvalue weighted by Gasteiger charge is 2.13. The van der Waals surface area contributed by atoms with Gasteiger partial charge in [-0.1, -0.05) is 48.2 Å². The van der Waals surface area contributed by atoms with Crippen LogP contribution in [0.5, 0.6) is 0 Å². The molecule has 0 aliphatic heterocycles. The molecule has 1 aromatic carbocycles. The van der Waals surface area contributed by atoms with Crippen LogP contribution in [0.25, 0.3) is 0 Å². The number of rotatable bonds is 6. The van der Waals surface area contributed by atoms with Gasteiger partial charge in [0.2, 0.25) is 5.13 Å². The number of nitrogens with one attached hydrogen (secondary N) is 1. The molecule has 0 radical (unpaired) electrons. The molecular formula is C13H13N3O3S2. The molecule has 1 heterocycles. The number of carboxylic acids is 1. The van der Waals surface area contributed by atoms with E-state index in [1.54, 1.807) is 6.07 Å². The van der Waals surface area contributed by atoms with Crippen LogP contribution in [0.2, 0.25) is 0 Å². The number of carbonyl (C=O) groups is 2. The maximum absolute atomic E-state index is 12.2. The molecule has 0 aliphatic carbocycles. The highest BCUT2D eigenvalue weighted by atomic mass is 32.2. The van der Waals surface area contributed by atoms with Crippen LogP contribution >= 0.6 is 23.1 Å². The number of aliphatic carboxylic acids is 1. The third-order valence-corrected chi connectivity index (χ3v) is 4.55. The third-order valence-electron chi connectivity index (χ3n) is 2.59. The summed E-state index contributed by atoms with van der Waals surface area (Å²) in [6, 6.07) is 7.36.